The molecule has 108 valence electrons. The Balaban J connectivity index is 1.89. The van der Waals surface area contributed by atoms with Crippen molar-refractivity contribution in [1.82, 2.24) is 4.98 Å². The minimum absolute atomic E-state index is 0.439. The Morgan fingerprint density at radius 2 is 1.58 bits per heavy atom. The van der Waals surface area contributed by atoms with E-state index in [1.165, 1.54) is 0 Å². The molecule has 0 bridgehead atoms. The fourth-order valence-electron chi connectivity index (χ4n) is 1.29. The van der Waals surface area contributed by atoms with E-state index in [1.54, 1.807) is 13.2 Å². The van der Waals surface area contributed by atoms with Crippen LogP contribution in [0.5, 0.6) is 0 Å². The van der Waals surface area contributed by atoms with Crippen LogP contribution in [-0.2, 0) is 25.6 Å². The second-order valence-electron chi connectivity index (χ2n) is 3.72. The molecule has 0 saturated carbocycles. The molecule has 0 fully saturated rings. The van der Waals surface area contributed by atoms with Gasteiger partial charge in [0.15, 0.2) is 0 Å². The number of methoxy groups -OCH3 is 1. The molecule has 1 aromatic heterocycles. The van der Waals surface area contributed by atoms with E-state index in [0.717, 1.165) is 5.69 Å². The molecule has 0 unspecified atom stereocenters. The Hall–Kier alpha value is -0.720. The second kappa shape index (κ2) is 11.1. The quantitative estimate of drug-likeness (QED) is 0.460. The van der Waals surface area contributed by atoms with E-state index in [9.17, 15) is 0 Å². The summed E-state index contributed by atoms with van der Waals surface area (Å²) in [6.45, 7) is 3.82. The molecule has 0 atom stereocenters. The topological polar surface area (TPSA) is 49.8 Å². The third-order valence-electron chi connectivity index (χ3n) is 2.20. The summed E-state index contributed by atoms with van der Waals surface area (Å²) in [5, 5.41) is 0.477. The van der Waals surface area contributed by atoms with E-state index in [1.807, 2.05) is 12.1 Å². The highest BCUT2D eigenvalue weighted by molar-refractivity contribution is 6.29. The summed E-state index contributed by atoms with van der Waals surface area (Å²) < 4.78 is 20.8. The smallest absolute Gasteiger partial charge is 0.129 e. The minimum Gasteiger partial charge on any atom is -0.382 e. The number of nitrogens with zero attached hydrogens (tertiary/aromatic N) is 1. The van der Waals surface area contributed by atoms with Crippen LogP contribution in [0.15, 0.2) is 18.2 Å². The number of hydrogen-bond acceptors (Lipinski definition) is 5. The lowest BCUT2D eigenvalue weighted by Crippen LogP contribution is -2.11. The summed E-state index contributed by atoms with van der Waals surface area (Å²) in [4.78, 5) is 4.12. The molecule has 5 nitrogen and oxygen atoms in total. The van der Waals surface area contributed by atoms with Crippen molar-refractivity contribution in [3.8, 4) is 0 Å². The molecule has 0 amide bonds. The van der Waals surface area contributed by atoms with Crippen LogP contribution >= 0.6 is 11.6 Å². The average Bonchev–Trinajstić information content (AvgIpc) is 2.41. The van der Waals surface area contributed by atoms with Crippen LogP contribution in [0.4, 0.5) is 0 Å². The van der Waals surface area contributed by atoms with Gasteiger partial charge in [-0.05, 0) is 12.1 Å². The Morgan fingerprint density at radius 3 is 2.21 bits per heavy atom. The van der Waals surface area contributed by atoms with E-state index in [0.29, 0.717) is 51.4 Å². The normalized spacial score (nSPS) is 10.8. The fourth-order valence-corrected chi connectivity index (χ4v) is 1.47. The van der Waals surface area contributed by atoms with Crippen molar-refractivity contribution in [2.45, 2.75) is 6.61 Å². The first-order valence-electron chi connectivity index (χ1n) is 6.16. The van der Waals surface area contributed by atoms with Crippen LogP contribution in [-0.4, -0.2) is 51.7 Å². The van der Waals surface area contributed by atoms with Gasteiger partial charge in [0.1, 0.15) is 5.15 Å². The van der Waals surface area contributed by atoms with Gasteiger partial charge in [-0.25, -0.2) is 4.98 Å². The molecule has 6 heteroatoms. The zero-order valence-electron chi connectivity index (χ0n) is 11.1. The molecule has 0 aliphatic heterocycles. The number of halogens is 1. The Morgan fingerprint density at radius 1 is 0.947 bits per heavy atom. The molecule has 1 rings (SSSR count). The minimum atomic E-state index is 0.439. The van der Waals surface area contributed by atoms with Gasteiger partial charge in [-0.2, -0.15) is 0 Å². The van der Waals surface area contributed by atoms with Crippen molar-refractivity contribution in [2.75, 3.05) is 46.8 Å². The first-order chi connectivity index (χ1) is 9.33. The zero-order valence-corrected chi connectivity index (χ0v) is 11.9. The molecule has 1 heterocycles. The van der Waals surface area contributed by atoms with Crippen LogP contribution in [0.25, 0.3) is 0 Å². The molecule has 0 aliphatic rings. The van der Waals surface area contributed by atoms with Crippen molar-refractivity contribution in [2.24, 2.45) is 0 Å². The van der Waals surface area contributed by atoms with Crippen molar-refractivity contribution >= 4 is 11.6 Å². The van der Waals surface area contributed by atoms with Crippen LogP contribution in [0, 0.1) is 0 Å². The second-order valence-corrected chi connectivity index (χ2v) is 4.11. The number of aromatic nitrogens is 1. The van der Waals surface area contributed by atoms with Gasteiger partial charge >= 0.3 is 0 Å². The predicted octanol–water partition coefficient (Wildman–Crippen LogP) is 1.93. The highest BCUT2D eigenvalue weighted by Crippen LogP contribution is 2.05. The van der Waals surface area contributed by atoms with Gasteiger partial charge in [0.05, 0.1) is 51.9 Å². The van der Waals surface area contributed by atoms with Gasteiger partial charge in [-0.15, -0.1) is 0 Å². The summed E-state index contributed by atoms with van der Waals surface area (Å²) >= 11 is 5.76. The molecule has 0 aromatic carbocycles. The van der Waals surface area contributed by atoms with Crippen molar-refractivity contribution < 1.29 is 18.9 Å². The molecule has 1 aromatic rings. The van der Waals surface area contributed by atoms with Gasteiger partial charge in [0.25, 0.3) is 0 Å². The lowest BCUT2D eigenvalue weighted by molar-refractivity contribution is 0.000470. The summed E-state index contributed by atoms with van der Waals surface area (Å²) in [7, 11) is 1.64. The molecule has 0 aliphatic carbocycles. The van der Waals surface area contributed by atoms with E-state index in [-0.39, 0.29) is 0 Å². The zero-order chi connectivity index (χ0) is 13.8. The van der Waals surface area contributed by atoms with Gasteiger partial charge in [0, 0.05) is 7.11 Å². The standard InChI is InChI=1S/C13H20ClNO4/c1-16-5-6-17-7-8-18-9-10-19-11-12-3-2-4-13(14)15-12/h2-4H,5-11H2,1H3. The van der Waals surface area contributed by atoms with E-state index >= 15 is 0 Å². The van der Waals surface area contributed by atoms with Gasteiger partial charge < -0.3 is 18.9 Å². The fraction of sp³-hybridized carbons (Fsp3) is 0.615. The molecular formula is C13H20ClNO4. The molecule has 0 spiro atoms. The number of hydrogen-bond donors (Lipinski definition) is 0. The summed E-state index contributed by atoms with van der Waals surface area (Å²) in [6.07, 6.45) is 0. The largest absolute Gasteiger partial charge is 0.382 e. The van der Waals surface area contributed by atoms with E-state index in [4.69, 9.17) is 30.5 Å². The number of rotatable bonds is 11. The van der Waals surface area contributed by atoms with Crippen LogP contribution in [0.1, 0.15) is 5.69 Å². The predicted molar refractivity (Wildman–Crippen MR) is 72.4 cm³/mol. The van der Waals surface area contributed by atoms with Crippen LogP contribution < -0.4 is 0 Å². The molecule has 0 N–H and O–H groups in total. The van der Waals surface area contributed by atoms with E-state index in [2.05, 4.69) is 4.98 Å². The number of ether oxygens (including phenoxy) is 4. The average molecular weight is 290 g/mol. The lowest BCUT2D eigenvalue weighted by Gasteiger charge is -2.06. The Kier molecular flexibility index (Phi) is 9.57. The summed E-state index contributed by atoms with van der Waals surface area (Å²) in [5.41, 5.74) is 0.815. The van der Waals surface area contributed by atoms with Crippen molar-refractivity contribution in [3.05, 3.63) is 29.0 Å². The molecular weight excluding hydrogens is 270 g/mol. The lowest BCUT2D eigenvalue weighted by atomic mass is 10.4. The molecule has 0 radical (unpaired) electrons. The van der Waals surface area contributed by atoms with Crippen molar-refractivity contribution in [3.63, 3.8) is 0 Å². The molecule has 19 heavy (non-hydrogen) atoms. The first-order valence-corrected chi connectivity index (χ1v) is 6.54. The Labute approximate surface area is 118 Å². The highest BCUT2D eigenvalue weighted by Gasteiger charge is 1.96. The van der Waals surface area contributed by atoms with Crippen LogP contribution in [0.3, 0.4) is 0 Å². The maximum absolute atomic E-state index is 5.76. The third kappa shape index (κ3) is 8.91. The summed E-state index contributed by atoms with van der Waals surface area (Å²) in [5.74, 6) is 0. The third-order valence-corrected chi connectivity index (χ3v) is 2.41. The summed E-state index contributed by atoms with van der Waals surface area (Å²) in [6, 6.07) is 5.45. The maximum Gasteiger partial charge on any atom is 0.129 e. The SMILES string of the molecule is COCCOCCOCCOCc1cccc(Cl)n1. The van der Waals surface area contributed by atoms with Gasteiger partial charge in [0.2, 0.25) is 0 Å². The highest BCUT2D eigenvalue weighted by atomic mass is 35.5. The number of pyridine rings is 1. The molecule has 0 saturated heterocycles. The monoisotopic (exact) mass is 289 g/mol. The van der Waals surface area contributed by atoms with E-state index < -0.39 is 0 Å². The Bertz CT molecular complexity index is 338. The van der Waals surface area contributed by atoms with Crippen LogP contribution in [0.2, 0.25) is 5.15 Å². The van der Waals surface area contributed by atoms with Gasteiger partial charge in [-0.1, -0.05) is 17.7 Å². The van der Waals surface area contributed by atoms with Crippen molar-refractivity contribution in [1.29, 1.82) is 0 Å². The van der Waals surface area contributed by atoms with Gasteiger partial charge in [-0.3, -0.25) is 0 Å². The maximum atomic E-state index is 5.76. The first kappa shape index (κ1) is 16.3.